The standard InChI is InChI=1S/C22H21N5/c1-3-16-9-11-18(12-10-16)26-20-14-21(25-15(2)24-20)27-19-8-4-6-17-7-5-13-23-22(17)19/h4-14H,3H2,1-2H3,(H2,24,25,26,27). The Kier molecular flexibility index (Phi) is 4.66. The summed E-state index contributed by atoms with van der Waals surface area (Å²) in [7, 11) is 0. The fourth-order valence-corrected chi connectivity index (χ4v) is 3.01. The van der Waals surface area contributed by atoms with Crippen LogP contribution in [-0.2, 0) is 6.42 Å². The number of para-hydroxylation sites is 1. The fourth-order valence-electron chi connectivity index (χ4n) is 3.01. The van der Waals surface area contributed by atoms with E-state index >= 15 is 0 Å². The van der Waals surface area contributed by atoms with E-state index in [0.29, 0.717) is 5.82 Å². The van der Waals surface area contributed by atoms with E-state index in [4.69, 9.17) is 0 Å². The molecule has 0 spiro atoms. The fraction of sp³-hybridized carbons (Fsp3) is 0.136. The van der Waals surface area contributed by atoms with Crippen LogP contribution in [0.5, 0.6) is 0 Å². The number of hydrogen-bond donors (Lipinski definition) is 2. The van der Waals surface area contributed by atoms with Gasteiger partial charge in [0.05, 0.1) is 11.2 Å². The van der Waals surface area contributed by atoms with Crippen LogP contribution in [0, 0.1) is 6.92 Å². The van der Waals surface area contributed by atoms with Crippen molar-refractivity contribution in [3.05, 3.63) is 78.2 Å². The third-order valence-corrected chi connectivity index (χ3v) is 4.37. The lowest BCUT2D eigenvalue weighted by Crippen LogP contribution is -2.02. The molecule has 4 aromatic rings. The molecule has 5 nitrogen and oxygen atoms in total. The number of rotatable bonds is 5. The van der Waals surface area contributed by atoms with Gasteiger partial charge in [0.1, 0.15) is 17.5 Å². The molecular formula is C22H21N5. The number of nitrogens with one attached hydrogen (secondary N) is 2. The average Bonchev–Trinajstić information content (AvgIpc) is 2.68. The lowest BCUT2D eigenvalue weighted by atomic mass is 10.1. The van der Waals surface area contributed by atoms with Gasteiger partial charge in [0.25, 0.3) is 0 Å². The second kappa shape index (κ2) is 7.41. The molecule has 0 fully saturated rings. The number of pyridine rings is 1. The van der Waals surface area contributed by atoms with Gasteiger partial charge in [0.15, 0.2) is 0 Å². The van der Waals surface area contributed by atoms with Gasteiger partial charge in [0, 0.05) is 23.3 Å². The molecule has 0 amide bonds. The van der Waals surface area contributed by atoms with E-state index in [1.54, 1.807) is 6.20 Å². The van der Waals surface area contributed by atoms with Crippen LogP contribution in [0.2, 0.25) is 0 Å². The number of fused-ring (bicyclic) bond motifs is 1. The van der Waals surface area contributed by atoms with Crippen LogP contribution in [-0.4, -0.2) is 15.0 Å². The number of aromatic nitrogens is 3. The summed E-state index contributed by atoms with van der Waals surface area (Å²) < 4.78 is 0. The smallest absolute Gasteiger partial charge is 0.136 e. The summed E-state index contributed by atoms with van der Waals surface area (Å²) in [5.41, 5.74) is 4.15. The van der Waals surface area contributed by atoms with Crippen molar-refractivity contribution < 1.29 is 0 Å². The molecule has 0 aliphatic carbocycles. The molecule has 134 valence electrons. The largest absolute Gasteiger partial charge is 0.340 e. The van der Waals surface area contributed by atoms with Crippen molar-refractivity contribution in [1.29, 1.82) is 0 Å². The van der Waals surface area contributed by atoms with Crippen molar-refractivity contribution in [2.75, 3.05) is 10.6 Å². The van der Waals surface area contributed by atoms with E-state index in [0.717, 1.165) is 40.3 Å². The maximum Gasteiger partial charge on any atom is 0.136 e. The summed E-state index contributed by atoms with van der Waals surface area (Å²) in [6, 6.07) is 20.3. The molecule has 2 heterocycles. The Hall–Kier alpha value is -3.47. The molecule has 0 bridgehead atoms. The van der Waals surface area contributed by atoms with Gasteiger partial charge in [0.2, 0.25) is 0 Å². The van der Waals surface area contributed by atoms with E-state index in [2.05, 4.69) is 56.8 Å². The van der Waals surface area contributed by atoms with Gasteiger partial charge in [-0.2, -0.15) is 0 Å². The molecule has 0 aliphatic rings. The highest BCUT2D eigenvalue weighted by molar-refractivity contribution is 5.91. The quantitative estimate of drug-likeness (QED) is 0.503. The van der Waals surface area contributed by atoms with Crippen LogP contribution in [0.4, 0.5) is 23.0 Å². The molecule has 5 heteroatoms. The highest BCUT2D eigenvalue weighted by Crippen LogP contribution is 2.25. The number of nitrogens with zero attached hydrogens (tertiary/aromatic N) is 3. The van der Waals surface area contributed by atoms with Crippen molar-refractivity contribution >= 4 is 33.9 Å². The Balaban J connectivity index is 1.61. The maximum absolute atomic E-state index is 4.51. The molecule has 2 aromatic carbocycles. The third kappa shape index (κ3) is 3.87. The lowest BCUT2D eigenvalue weighted by molar-refractivity contribution is 1.06. The molecule has 0 radical (unpaired) electrons. The van der Waals surface area contributed by atoms with Crippen LogP contribution in [0.1, 0.15) is 18.3 Å². The maximum atomic E-state index is 4.51. The summed E-state index contributed by atoms with van der Waals surface area (Å²) in [6.45, 7) is 4.04. The molecule has 0 saturated carbocycles. The second-order valence-corrected chi connectivity index (χ2v) is 6.37. The van der Waals surface area contributed by atoms with Gasteiger partial charge >= 0.3 is 0 Å². The van der Waals surface area contributed by atoms with Gasteiger partial charge in [-0.15, -0.1) is 0 Å². The normalized spacial score (nSPS) is 10.7. The highest BCUT2D eigenvalue weighted by Gasteiger charge is 2.06. The summed E-state index contributed by atoms with van der Waals surface area (Å²) in [4.78, 5) is 13.5. The minimum absolute atomic E-state index is 0.695. The van der Waals surface area contributed by atoms with E-state index in [1.165, 1.54) is 5.56 Å². The van der Waals surface area contributed by atoms with Crippen molar-refractivity contribution in [3.8, 4) is 0 Å². The Morgan fingerprint density at radius 2 is 1.59 bits per heavy atom. The van der Waals surface area contributed by atoms with E-state index in [9.17, 15) is 0 Å². The van der Waals surface area contributed by atoms with Crippen molar-refractivity contribution in [1.82, 2.24) is 15.0 Å². The average molecular weight is 355 g/mol. The minimum Gasteiger partial charge on any atom is -0.340 e. The first-order valence-corrected chi connectivity index (χ1v) is 9.03. The molecule has 2 N–H and O–H groups in total. The van der Waals surface area contributed by atoms with Crippen molar-refractivity contribution in [2.24, 2.45) is 0 Å². The summed E-state index contributed by atoms with van der Waals surface area (Å²) >= 11 is 0. The third-order valence-electron chi connectivity index (χ3n) is 4.37. The first-order chi connectivity index (χ1) is 13.2. The zero-order valence-corrected chi connectivity index (χ0v) is 15.4. The molecule has 27 heavy (non-hydrogen) atoms. The highest BCUT2D eigenvalue weighted by atomic mass is 15.1. The van der Waals surface area contributed by atoms with Crippen LogP contribution in [0.25, 0.3) is 10.9 Å². The van der Waals surface area contributed by atoms with Gasteiger partial charge < -0.3 is 10.6 Å². The predicted octanol–water partition coefficient (Wildman–Crippen LogP) is 5.38. The molecule has 0 saturated heterocycles. The molecule has 0 atom stereocenters. The topological polar surface area (TPSA) is 62.7 Å². The van der Waals surface area contributed by atoms with Crippen LogP contribution >= 0.6 is 0 Å². The minimum atomic E-state index is 0.695. The summed E-state index contributed by atoms with van der Waals surface area (Å²) in [5, 5.41) is 7.82. The van der Waals surface area contributed by atoms with Crippen molar-refractivity contribution in [3.63, 3.8) is 0 Å². The summed E-state index contributed by atoms with van der Waals surface area (Å²) in [5.74, 6) is 2.18. The van der Waals surface area contributed by atoms with Crippen LogP contribution in [0.15, 0.2) is 66.9 Å². The number of aryl methyl sites for hydroxylation is 2. The Morgan fingerprint density at radius 3 is 2.37 bits per heavy atom. The van der Waals surface area contributed by atoms with E-state index in [1.807, 2.05) is 43.3 Å². The Bertz CT molecular complexity index is 1070. The number of hydrogen-bond acceptors (Lipinski definition) is 5. The molecular weight excluding hydrogens is 334 g/mol. The first-order valence-electron chi connectivity index (χ1n) is 9.03. The Labute approximate surface area is 158 Å². The monoisotopic (exact) mass is 355 g/mol. The number of anilines is 4. The summed E-state index contributed by atoms with van der Waals surface area (Å²) in [6.07, 6.45) is 2.83. The molecule has 2 aromatic heterocycles. The lowest BCUT2D eigenvalue weighted by Gasteiger charge is -2.12. The zero-order valence-electron chi connectivity index (χ0n) is 15.4. The van der Waals surface area contributed by atoms with Crippen molar-refractivity contribution in [2.45, 2.75) is 20.3 Å². The van der Waals surface area contributed by atoms with Gasteiger partial charge in [-0.3, -0.25) is 4.98 Å². The van der Waals surface area contributed by atoms with Crippen LogP contribution in [0.3, 0.4) is 0 Å². The molecule has 4 rings (SSSR count). The number of benzene rings is 2. The van der Waals surface area contributed by atoms with E-state index in [-0.39, 0.29) is 0 Å². The zero-order chi connectivity index (χ0) is 18.6. The first kappa shape index (κ1) is 17.0. The SMILES string of the molecule is CCc1ccc(Nc2cc(Nc3cccc4cccnc34)nc(C)n2)cc1. The second-order valence-electron chi connectivity index (χ2n) is 6.37. The Morgan fingerprint density at radius 1 is 0.852 bits per heavy atom. The molecule has 0 aliphatic heterocycles. The van der Waals surface area contributed by atoms with Gasteiger partial charge in [-0.05, 0) is 43.2 Å². The van der Waals surface area contributed by atoms with Gasteiger partial charge in [-0.1, -0.05) is 37.3 Å². The van der Waals surface area contributed by atoms with Crippen LogP contribution < -0.4 is 10.6 Å². The predicted molar refractivity (Wildman–Crippen MR) is 111 cm³/mol. The molecule has 0 unspecified atom stereocenters. The van der Waals surface area contributed by atoms with E-state index < -0.39 is 0 Å². The van der Waals surface area contributed by atoms with Gasteiger partial charge in [-0.25, -0.2) is 9.97 Å².